The van der Waals surface area contributed by atoms with Gasteiger partial charge in [0.15, 0.2) is 18.1 Å². The normalized spacial score (nSPS) is 11.8. The second-order valence-electron chi connectivity index (χ2n) is 8.30. The molecule has 0 aliphatic rings. The van der Waals surface area contributed by atoms with Crippen LogP contribution in [0.4, 0.5) is 0 Å². The van der Waals surface area contributed by atoms with Crippen molar-refractivity contribution in [3.63, 3.8) is 0 Å². The minimum atomic E-state index is -0.732. The molecule has 0 fully saturated rings. The molecule has 2 rings (SSSR count). The van der Waals surface area contributed by atoms with Crippen molar-refractivity contribution < 1.29 is 23.8 Å². The van der Waals surface area contributed by atoms with Crippen LogP contribution in [0.2, 0.25) is 0 Å². The summed E-state index contributed by atoms with van der Waals surface area (Å²) in [6.07, 6.45) is 2.87. The van der Waals surface area contributed by atoms with Gasteiger partial charge in [0.2, 0.25) is 0 Å². The Morgan fingerprint density at radius 3 is 2.50 bits per heavy atom. The van der Waals surface area contributed by atoms with E-state index in [-0.39, 0.29) is 18.4 Å². The molecule has 0 saturated carbocycles. The monoisotopic (exact) mass is 469 g/mol. The Labute approximate surface area is 201 Å². The zero-order valence-electron chi connectivity index (χ0n) is 20.6. The molecule has 0 saturated heterocycles. The molecule has 0 aliphatic heterocycles. The Bertz CT molecular complexity index is 975. The molecule has 184 valence electrons. The van der Waals surface area contributed by atoms with Crippen LogP contribution in [0.1, 0.15) is 44.7 Å². The number of hydrogen-bond donors (Lipinski definition) is 2. The molecule has 2 amide bonds. The van der Waals surface area contributed by atoms with E-state index in [0.717, 1.165) is 17.5 Å². The molecule has 8 nitrogen and oxygen atoms in total. The molecule has 0 unspecified atom stereocenters. The van der Waals surface area contributed by atoms with Gasteiger partial charge in [0, 0.05) is 0 Å². The molecule has 2 aromatic carbocycles. The van der Waals surface area contributed by atoms with Gasteiger partial charge in [-0.05, 0) is 61.1 Å². The third kappa shape index (κ3) is 8.77. The zero-order chi connectivity index (χ0) is 24.9. The maximum Gasteiger partial charge on any atom is 0.262 e. The first-order valence-corrected chi connectivity index (χ1v) is 11.5. The zero-order valence-corrected chi connectivity index (χ0v) is 20.6. The van der Waals surface area contributed by atoms with Crippen LogP contribution in [-0.2, 0) is 9.59 Å². The number of amides is 2. The van der Waals surface area contributed by atoms with Crippen molar-refractivity contribution in [3.05, 3.63) is 53.6 Å². The van der Waals surface area contributed by atoms with Gasteiger partial charge in [-0.3, -0.25) is 9.59 Å². The van der Waals surface area contributed by atoms with Gasteiger partial charge in [-0.2, -0.15) is 5.10 Å². The fourth-order valence-electron chi connectivity index (χ4n) is 3.14. The van der Waals surface area contributed by atoms with E-state index in [0.29, 0.717) is 30.3 Å². The fourth-order valence-corrected chi connectivity index (χ4v) is 3.14. The number of hydrogen-bond acceptors (Lipinski definition) is 6. The van der Waals surface area contributed by atoms with Gasteiger partial charge < -0.3 is 19.5 Å². The fraction of sp³-hybridized carbons (Fsp3) is 0.423. The number of para-hydroxylation sites is 1. The largest absolute Gasteiger partial charge is 0.493 e. The SMILES string of the molecule is CCCOc1ccc(/C=N\NC(=O)[C@H](CC(C)C)NC(=O)COc2ccccc2C)cc1OC. The summed E-state index contributed by atoms with van der Waals surface area (Å²) in [7, 11) is 1.57. The number of carbonyl (C=O) groups excluding carboxylic acids is 2. The first-order valence-electron chi connectivity index (χ1n) is 11.5. The van der Waals surface area contributed by atoms with Crippen molar-refractivity contribution in [2.24, 2.45) is 11.0 Å². The van der Waals surface area contributed by atoms with E-state index in [4.69, 9.17) is 14.2 Å². The number of aryl methyl sites for hydroxylation is 1. The van der Waals surface area contributed by atoms with Gasteiger partial charge in [0.1, 0.15) is 11.8 Å². The summed E-state index contributed by atoms with van der Waals surface area (Å²) in [5, 5.41) is 6.79. The van der Waals surface area contributed by atoms with E-state index in [2.05, 4.69) is 15.8 Å². The van der Waals surface area contributed by atoms with Crippen molar-refractivity contribution in [2.45, 2.75) is 46.6 Å². The number of nitrogens with zero attached hydrogens (tertiary/aromatic N) is 1. The number of rotatable bonds is 13. The number of nitrogens with one attached hydrogen (secondary N) is 2. The summed E-state index contributed by atoms with van der Waals surface area (Å²) in [6, 6.07) is 12.1. The van der Waals surface area contributed by atoms with Crippen LogP contribution >= 0.6 is 0 Å². The van der Waals surface area contributed by atoms with E-state index in [1.54, 1.807) is 25.3 Å². The maximum absolute atomic E-state index is 12.7. The summed E-state index contributed by atoms with van der Waals surface area (Å²) in [5.74, 6) is 1.29. The second-order valence-corrected chi connectivity index (χ2v) is 8.30. The average Bonchev–Trinajstić information content (AvgIpc) is 2.81. The number of methoxy groups -OCH3 is 1. The van der Waals surface area contributed by atoms with Crippen LogP contribution in [0.25, 0.3) is 0 Å². The van der Waals surface area contributed by atoms with Crippen LogP contribution in [-0.4, -0.2) is 44.4 Å². The molecular formula is C26H35N3O5. The molecule has 0 radical (unpaired) electrons. The van der Waals surface area contributed by atoms with Crippen LogP contribution in [0.3, 0.4) is 0 Å². The molecular weight excluding hydrogens is 434 g/mol. The molecule has 2 aromatic rings. The molecule has 2 N–H and O–H groups in total. The quantitative estimate of drug-likeness (QED) is 0.343. The molecule has 0 aromatic heterocycles. The maximum atomic E-state index is 12.7. The lowest BCUT2D eigenvalue weighted by Crippen LogP contribution is -2.47. The van der Waals surface area contributed by atoms with E-state index in [9.17, 15) is 9.59 Å². The molecule has 0 bridgehead atoms. The van der Waals surface area contributed by atoms with E-state index in [1.807, 2.05) is 52.0 Å². The van der Waals surface area contributed by atoms with Crippen molar-refractivity contribution >= 4 is 18.0 Å². The Kier molecular flexibility index (Phi) is 10.9. The summed E-state index contributed by atoms with van der Waals surface area (Å²) < 4.78 is 16.6. The third-order valence-electron chi connectivity index (χ3n) is 4.85. The lowest BCUT2D eigenvalue weighted by Gasteiger charge is -2.19. The number of hydrazone groups is 1. The van der Waals surface area contributed by atoms with E-state index in [1.165, 1.54) is 6.21 Å². The van der Waals surface area contributed by atoms with Crippen molar-refractivity contribution in [2.75, 3.05) is 20.3 Å². The first kappa shape index (κ1) is 26.7. The molecule has 0 heterocycles. The Hall–Kier alpha value is -3.55. The molecule has 8 heteroatoms. The van der Waals surface area contributed by atoms with Gasteiger partial charge in [0.25, 0.3) is 11.8 Å². The highest BCUT2D eigenvalue weighted by molar-refractivity contribution is 5.89. The van der Waals surface area contributed by atoms with Gasteiger partial charge in [-0.25, -0.2) is 5.43 Å². The molecule has 0 aliphatic carbocycles. The number of ether oxygens (including phenoxy) is 3. The lowest BCUT2D eigenvalue weighted by atomic mass is 10.0. The first-order chi connectivity index (χ1) is 16.3. The van der Waals surface area contributed by atoms with Crippen LogP contribution in [0, 0.1) is 12.8 Å². The van der Waals surface area contributed by atoms with Crippen molar-refractivity contribution in [3.8, 4) is 17.2 Å². The van der Waals surface area contributed by atoms with E-state index < -0.39 is 11.9 Å². The van der Waals surface area contributed by atoms with Gasteiger partial charge >= 0.3 is 0 Å². The van der Waals surface area contributed by atoms with Crippen molar-refractivity contribution in [1.82, 2.24) is 10.7 Å². The Morgan fingerprint density at radius 1 is 1.06 bits per heavy atom. The van der Waals surface area contributed by atoms with Gasteiger partial charge in [-0.15, -0.1) is 0 Å². The minimum absolute atomic E-state index is 0.178. The predicted octanol–water partition coefficient (Wildman–Crippen LogP) is 3.85. The highest BCUT2D eigenvalue weighted by Crippen LogP contribution is 2.27. The summed E-state index contributed by atoms with van der Waals surface area (Å²) in [6.45, 7) is 8.31. The van der Waals surface area contributed by atoms with Gasteiger partial charge in [-0.1, -0.05) is 39.0 Å². The topological polar surface area (TPSA) is 98.2 Å². The smallest absolute Gasteiger partial charge is 0.262 e. The number of carbonyl (C=O) groups is 2. The number of benzene rings is 2. The summed E-state index contributed by atoms with van der Waals surface area (Å²) in [4.78, 5) is 25.1. The average molecular weight is 470 g/mol. The van der Waals surface area contributed by atoms with Crippen LogP contribution < -0.4 is 25.0 Å². The predicted molar refractivity (Wildman–Crippen MR) is 133 cm³/mol. The van der Waals surface area contributed by atoms with Crippen LogP contribution in [0.15, 0.2) is 47.6 Å². The van der Waals surface area contributed by atoms with E-state index >= 15 is 0 Å². The standard InChI is InChI=1S/C26H35N3O5/c1-6-13-33-23-12-11-20(15-24(23)32-5)16-27-29-26(31)21(14-18(2)3)28-25(30)17-34-22-10-8-7-9-19(22)4/h7-12,15-16,18,21H,6,13-14,17H2,1-5H3,(H,28,30)(H,29,31)/b27-16-/t21-/m0/s1. The Balaban J connectivity index is 1.96. The molecule has 1 atom stereocenters. The minimum Gasteiger partial charge on any atom is -0.493 e. The van der Waals surface area contributed by atoms with Crippen LogP contribution in [0.5, 0.6) is 17.2 Å². The highest BCUT2D eigenvalue weighted by Gasteiger charge is 2.22. The second kappa shape index (κ2) is 13.9. The Morgan fingerprint density at radius 2 is 1.82 bits per heavy atom. The summed E-state index contributed by atoms with van der Waals surface area (Å²) >= 11 is 0. The molecule has 0 spiro atoms. The highest BCUT2D eigenvalue weighted by atomic mass is 16.5. The lowest BCUT2D eigenvalue weighted by molar-refractivity contribution is -0.130. The van der Waals surface area contributed by atoms with Crippen molar-refractivity contribution in [1.29, 1.82) is 0 Å². The van der Waals surface area contributed by atoms with Gasteiger partial charge in [0.05, 0.1) is 19.9 Å². The third-order valence-corrected chi connectivity index (χ3v) is 4.85. The summed E-state index contributed by atoms with van der Waals surface area (Å²) in [5.41, 5.74) is 4.18. The molecule has 34 heavy (non-hydrogen) atoms.